The van der Waals surface area contributed by atoms with Crippen LogP contribution in [0.15, 0.2) is 42.5 Å². The highest BCUT2D eigenvalue weighted by molar-refractivity contribution is 6.42. The van der Waals surface area contributed by atoms with Crippen molar-refractivity contribution in [2.45, 2.75) is 27.2 Å². The van der Waals surface area contributed by atoms with Gasteiger partial charge in [0, 0.05) is 48.6 Å². The van der Waals surface area contributed by atoms with Gasteiger partial charge >= 0.3 is 0 Å². The van der Waals surface area contributed by atoms with Gasteiger partial charge in [0.25, 0.3) is 5.91 Å². The third-order valence-corrected chi connectivity index (χ3v) is 6.59. The van der Waals surface area contributed by atoms with Gasteiger partial charge < -0.3 is 9.80 Å². The number of carbonyl (C=O) groups is 1. The second kappa shape index (κ2) is 9.47. The number of aryl methyl sites for hydroxylation is 2. The van der Waals surface area contributed by atoms with E-state index in [0.717, 1.165) is 34.9 Å². The van der Waals surface area contributed by atoms with Gasteiger partial charge in [-0.15, -0.1) is 0 Å². The minimum atomic E-state index is -0.0294. The van der Waals surface area contributed by atoms with E-state index in [0.29, 0.717) is 41.8 Å². The van der Waals surface area contributed by atoms with Crippen molar-refractivity contribution in [2.24, 2.45) is 0 Å². The molecule has 2 heterocycles. The molecule has 1 fully saturated rings. The van der Waals surface area contributed by atoms with Gasteiger partial charge in [-0.1, -0.05) is 53.9 Å². The summed E-state index contributed by atoms with van der Waals surface area (Å²) in [6, 6.07) is 13.3. The average molecular weight is 469 g/mol. The molecule has 1 amide bonds. The zero-order chi connectivity index (χ0) is 22.8. The molecule has 1 saturated heterocycles. The second-order valence-electron chi connectivity index (χ2n) is 8.07. The number of nitrogens with zero attached hydrogens (tertiary/aromatic N) is 4. The summed E-state index contributed by atoms with van der Waals surface area (Å²) in [6.07, 6.45) is 0.859. The molecule has 1 aromatic heterocycles. The number of anilines is 1. The third kappa shape index (κ3) is 4.59. The normalized spacial score (nSPS) is 14.0. The van der Waals surface area contributed by atoms with Crippen molar-refractivity contribution in [1.29, 1.82) is 0 Å². The summed E-state index contributed by atoms with van der Waals surface area (Å²) in [5.74, 6) is 1.68. The molecule has 5 nitrogen and oxygen atoms in total. The van der Waals surface area contributed by atoms with Crippen LogP contribution in [0.1, 0.15) is 34.1 Å². The number of aromatic nitrogens is 2. The van der Waals surface area contributed by atoms with Gasteiger partial charge in [0.1, 0.15) is 5.82 Å². The predicted octanol–water partition coefficient (Wildman–Crippen LogP) is 5.59. The SMILES string of the molecule is CCc1c(C)nc(-c2cccc(C)c2)nc1N1CCN(C(=O)c2ccc(Cl)c(Cl)c2)CC1. The van der Waals surface area contributed by atoms with Crippen molar-refractivity contribution in [3.05, 3.63) is 74.9 Å². The lowest BCUT2D eigenvalue weighted by molar-refractivity contribution is 0.0746. The Hall–Kier alpha value is -2.63. The van der Waals surface area contributed by atoms with Crippen LogP contribution in [0.5, 0.6) is 0 Å². The Morgan fingerprint density at radius 2 is 1.72 bits per heavy atom. The third-order valence-electron chi connectivity index (χ3n) is 5.85. The Labute approximate surface area is 199 Å². The summed E-state index contributed by atoms with van der Waals surface area (Å²) < 4.78 is 0. The Morgan fingerprint density at radius 1 is 0.969 bits per heavy atom. The van der Waals surface area contributed by atoms with Gasteiger partial charge in [-0.2, -0.15) is 0 Å². The number of halogens is 2. The zero-order valence-electron chi connectivity index (χ0n) is 18.5. The molecule has 1 aliphatic rings. The Bertz CT molecular complexity index is 1160. The highest BCUT2D eigenvalue weighted by Crippen LogP contribution is 2.28. The van der Waals surface area contributed by atoms with Crippen LogP contribution in [0.3, 0.4) is 0 Å². The van der Waals surface area contributed by atoms with Gasteiger partial charge in [-0.25, -0.2) is 9.97 Å². The number of benzene rings is 2. The van der Waals surface area contributed by atoms with Crippen molar-refractivity contribution in [3.63, 3.8) is 0 Å². The first-order chi connectivity index (χ1) is 15.4. The Balaban J connectivity index is 1.56. The maximum absolute atomic E-state index is 12.9. The molecule has 3 aromatic rings. The monoisotopic (exact) mass is 468 g/mol. The largest absolute Gasteiger partial charge is 0.353 e. The molecule has 0 N–H and O–H groups in total. The molecule has 0 radical (unpaired) electrons. The minimum Gasteiger partial charge on any atom is -0.353 e. The molecule has 32 heavy (non-hydrogen) atoms. The first kappa shape index (κ1) is 22.6. The number of amides is 1. The highest BCUT2D eigenvalue weighted by Gasteiger charge is 2.25. The Morgan fingerprint density at radius 3 is 2.38 bits per heavy atom. The summed E-state index contributed by atoms with van der Waals surface area (Å²) in [4.78, 5) is 26.8. The Kier molecular flexibility index (Phi) is 6.68. The van der Waals surface area contributed by atoms with E-state index in [9.17, 15) is 4.79 Å². The van der Waals surface area contributed by atoms with E-state index in [1.54, 1.807) is 18.2 Å². The van der Waals surface area contributed by atoms with Gasteiger partial charge in [-0.3, -0.25) is 4.79 Å². The maximum atomic E-state index is 12.9. The van der Waals surface area contributed by atoms with Crippen LogP contribution < -0.4 is 4.90 Å². The lowest BCUT2D eigenvalue weighted by Crippen LogP contribution is -2.49. The minimum absolute atomic E-state index is 0.0294. The second-order valence-corrected chi connectivity index (χ2v) is 8.88. The summed E-state index contributed by atoms with van der Waals surface area (Å²) in [6.45, 7) is 8.91. The molecule has 1 aliphatic heterocycles. The molecule has 7 heteroatoms. The van der Waals surface area contributed by atoms with Crippen molar-refractivity contribution in [3.8, 4) is 11.4 Å². The van der Waals surface area contributed by atoms with Crippen LogP contribution in [0.2, 0.25) is 10.0 Å². The van der Waals surface area contributed by atoms with E-state index in [1.807, 2.05) is 24.0 Å². The van der Waals surface area contributed by atoms with Crippen molar-refractivity contribution in [2.75, 3.05) is 31.1 Å². The highest BCUT2D eigenvalue weighted by atomic mass is 35.5. The smallest absolute Gasteiger partial charge is 0.254 e. The predicted molar refractivity (Wildman–Crippen MR) is 131 cm³/mol. The van der Waals surface area contributed by atoms with Crippen LogP contribution >= 0.6 is 23.2 Å². The standard InChI is InChI=1S/C25H26Cl2N4O/c1-4-20-17(3)28-23(18-7-5-6-16(2)14-18)29-24(20)30-10-12-31(13-11-30)25(32)19-8-9-21(26)22(27)15-19/h5-9,14-15H,4,10-13H2,1-3H3. The van der Waals surface area contributed by atoms with E-state index in [2.05, 4.69) is 30.9 Å². The van der Waals surface area contributed by atoms with E-state index in [1.165, 1.54) is 5.56 Å². The molecule has 2 aromatic carbocycles. The van der Waals surface area contributed by atoms with Crippen molar-refractivity contribution >= 4 is 34.9 Å². The summed E-state index contributed by atoms with van der Waals surface area (Å²) in [7, 11) is 0. The topological polar surface area (TPSA) is 49.3 Å². The first-order valence-electron chi connectivity index (χ1n) is 10.8. The molecular weight excluding hydrogens is 443 g/mol. The summed E-state index contributed by atoms with van der Waals surface area (Å²) >= 11 is 12.1. The number of piperazine rings is 1. The average Bonchev–Trinajstić information content (AvgIpc) is 2.80. The number of carbonyl (C=O) groups excluding carboxylic acids is 1. The quantitative estimate of drug-likeness (QED) is 0.500. The van der Waals surface area contributed by atoms with E-state index < -0.39 is 0 Å². The lowest BCUT2D eigenvalue weighted by Gasteiger charge is -2.36. The fourth-order valence-corrected chi connectivity index (χ4v) is 4.40. The van der Waals surface area contributed by atoms with Crippen molar-refractivity contribution < 1.29 is 4.79 Å². The molecular formula is C25H26Cl2N4O. The summed E-state index contributed by atoms with van der Waals surface area (Å²) in [5, 5.41) is 0.840. The molecule has 0 atom stereocenters. The molecule has 0 saturated carbocycles. The van der Waals surface area contributed by atoms with E-state index in [-0.39, 0.29) is 5.91 Å². The van der Waals surface area contributed by atoms with Gasteiger partial charge in [-0.05, 0) is 44.5 Å². The first-order valence-corrected chi connectivity index (χ1v) is 11.6. The van der Waals surface area contributed by atoms with Gasteiger partial charge in [0.05, 0.1) is 10.0 Å². The van der Waals surface area contributed by atoms with E-state index >= 15 is 0 Å². The van der Waals surface area contributed by atoms with Gasteiger partial charge in [0.2, 0.25) is 0 Å². The van der Waals surface area contributed by atoms with Crippen LogP contribution in [0, 0.1) is 13.8 Å². The fourth-order valence-electron chi connectivity index (χ4n) is 4.10. The van der Waals surface area contributed by atoms with Crippen LogP contribution in [-0.4, -0.2) is 47.0 Å². The van der Waals surface area contributed by atoms with Gasteiger partial charge in [0.15, 0.2) is 5.82 Å². The zero-order valence-corrected chi connectivity index (χ0v) is 20.0. The maximum Gasteiger partial charge on any atom is 0.254 e. The van der Waals surface area contributed by atoms with Crippen LogP contribution in [0.25, 0.3) is 11.4 Å². The van der Waals surface area contributed by atoms with Crippen molar-refractivity contribution in [1.82, 2.24) is 14.9 Å². The fraction of sp³-hybridized carbons (Fsp3) is 0.320. The molecule has 0 unspecified atom stereocenters. The van der Waals surface area contributed by atoms with Crippen LogP contribution in [0.4, 0.5) is 5.82 Å². The number of hydrogen-bond acceptors (Lipinski definition) is 4. The van der Waals surface area contributed by atoms with E-state index in [4.69, 9.17) is 33.2 Å². The molecule has 0 spiro atoms. The number of rotatable bonds is 4. The van der Waals surface area contributed by atoms with Crippen LogP contribution in [-0.2, 0) is 6.42 Å². The summed E-state index contributed by atoms with van der Waals surface area (Å²) in [5.41, 5.74) is 4.92. The lowest BCUT2D eigenvalue weighted by atomic mass is 10.1. The molecule has 4 rings (SSSR count). The number of hydrogen-bond donors (Lipinski definition) is 0. The molecule has 0 bridgehead atoms. The molecule has 166 valence electrons. The molecule has 0 aliphatic carbocycles.